The van der Waals surface area contributed by atoms with E-state index in [4.69, 9.17) is 11.6 Å². The average Bonchev–Trinajstić information content (AvgIpc) is 2.36. The summed E-state index contributed by atoms with van der Waals surface area (Å²) in [5.41, 5.74) is 0.148. The molecule has 2 nitrogen and oxygen atoms in total. The summed E-state index contributed by atoms with van der Waals surface area (Å²) in [5.74, 6) is -2.22. The van der Waals surface area contributed by atoms with Crippen LogP contribution in [0.15, 0.2) is 34.9 Å². The summed E-state index contributed by atoms with van der Waals surface area (Å²) in [6, 6.07) is 4.94. The molecular formula is C13H7BrClF2NO. The molecule has 2 rings (SSSR count). The molecule has 0 amide bonds. The zero-order chi connectivity index (χ0) is 14.0. The van der Waals surface area contributed by atoms with Crippen LogP contribution in [0, 0.1) is 11.6 Å². The van der Waals surface area contributed by atoms with Crippen LogP contribution in [0.2, 0.25) is 5.02 Å². The first-order chi connectivity index (χ1) is 8.97. The fraction of sp³-hybridized carbons (Fsp3) is 0.0769. The normalized spacial score (nSPS) is 10.5. The number of aromatic nitrogens is 1. The molecule has 0 aliphatic rings. The summed E-state index contributed by atoms with van der Waals surface area (Å²) < 4.78 is 27.6. The maximum absolute atomic E-state index is 13.5. The van der Waals surface area contributed by atoms with E-state index in [9.17, 15) is 13.6 Å². The minimum atomic E-state index is -0.839. The van der Waals surface area contributed by atoms with Crippen LogP contribution in [-0.2, 0) is 6.42 Å². The topological polar surface area (TPSA) is 30.0 Å². The lowest BCUT2D eigenvalue weighted by Gasteiger charge is -2.04. The molecule has 0 fully saturated rings. The molecule has 98 valence electrons. The predicted octanol–water partition coefficient (Wildman–Crippen LogP) is 4.20. The summed E-state index contributed by atoms with van der Waals surface area (Å²) in [6.45, 7) is 0. The number of benzene rings is 1. The summed E-state index contributed by atoms with van der Waals surface area (Å²) in [7, 11) is 0. The van der Waals surface area contributed by atoms with Crippen molar-refractivity contribution in [2.24, 2.45) is 0 Å². The molecule has 0 aliphatic heterocycles. The largest absolute Gasteiger partial charge is 0.294 e. The molecule has 0 bridgehead atoms. The second-order valence-corrected chi connectivity index (χ2v) is 5.14. The number of hydrogen-bond donors (Lipinski definition) is 0. The molecule has 0 saturated carbocycles. The van der Waals surface area contributed by atoms with Crippen molar-refractivity contribution < 1.29 is 13.6 Å². The van der Waals surface area contributed by atoms with Gasteiger partial charge in [-0.05, 0) is 40.2 Å². The quantitative estimate of drug-likeness (QED) is 0.616. The number of halogens is 4. The Hall–Kier alpha value is -1.33. The smallest absolute Gasteiger partial charge is 0.171 e. The molecular weight excluding hydrogens is 340 g/mol. The number of carbonyl (C=O) groups is 1. The second-order valence-electron chi connectivity index (χ2n) is 3.81. The van der Waals surface area contributed by atoms with E-state index >= 15 is 0 Å². The average molecular weight is 347 g/mol. The Bertz CT molecular complexity index is 631. The molecule has 0 unspecified atom stereocenters. The van der Waals surface area contributed by atoms with Crippen LogP contribution >= 0.6 is 27.5 Å². The van der Waals surface area contributed by atoms with Crippen LogP contribution in [0.25, 0.3) is 0 Å². The van der Waals surface area contributed by atoms with Gasteiger partial charge in [0.15, 0.2) is 5.78 Å². The Morgan fingerprint density at radius 2 is 2.00 bits per heavy atom. The van der Waals surface area contributed by atoms with Gasteiger partial charge in [0, 0.05) is 16.4 Å². The van der Waals surface area contributed by atoms with Crippen molar-refractivity contribution in [3.8, 4) is 0 Å². The molecule has 2 aromatic rings. The van der Waals surface area contributed by atoms with Crippen molar-refractivity contribution >= 4 is 33.3 Å². The molecule has 0 atom stereocenters. The lowest BCUT2D eigenvalue weighted by atomic mass is 10.1. The Balaban J connectivity index is 2.25. The van der Waals surface area contributed by atoms with Gasteiger partial charge in [0.05, 0.1) is 17.0 Å². The number of carbonyl (C=O) groups excluding carboxylic acids is 1. The maximum atomic E-state index is 13.5. The third-order valence-electron chi connectivity index (χ3n) is 2.44. The maximum Gasteiger partial charge on any atom is 0.171 e. The zero-order valence-corrected chi connectivity index (χ0v) is 11.8. The van der Waals surface area contributed by atoms with E-state index in [1.807, 2.05) is 0 Å². The molecule has 1 aromatic heterocycles. The number of Topliss-reactive ketones (excluding diaryl/α,β-unsaturated/α-hetero) is 1. The van der Waals surface area contributed by atoms with Crippen LogP contribution in [0.5, 0.6) is 0 Å². The van der Waals surface area contributed by atoms with E-state index in [0.717, 1.165) is 16.6 Å². The van der Waals surface area contributed by atoms with Crippen LogP contribution in [0.4, 0.5) is 8.78 Å². The van der Waals surface area contributed by atoms with Gasteiger partial charge in [-0.15, -0.1) is 0 Å². The van der Waals surface area contributed by atoms with Gasteiger partial charge >= 0.3 is 0 Å². The third kappa shape index (κ3) is 3.36. The highest BCUT2D eigenvalue weighted by Gasteiger charge is 2.16. The zero-order valence-electron chi connectivity index (χ0n) is 9.46. The van der Waals surface area contributed by atoms with E-state index in [1.54, 1.807) is 12.1 Å². The number of ketones is 1. The summed E-state index contributed by atoms with van der Waals surface area (Å²) in [5, 5.41) is -0.351. The fourth-order valence-electron chi connectivity index (χ4n) is 1.51. The van der Waals surface area contributed by atoms with Crippen LogP contribution < -0.4 is 0 Å². The lowest BCUT2D eigenvalue weighted by Crippen LogP contribution is -2.08. The van der Waals surface area contributed by atoms with Crippen LogP contribution in [-0.4, -0.2) is 10.8 Å². The number of nitrogens with zero attached hydrogens (tertiary/aromatic N) is 1. The molecule has 0 saturated heterocycles. The lowest BCUT2D eigenvalue weighted by molar-refractivity contribution is 0.0987. The SMILES string of the molecule is O=C(Cc1ccc(Br)cn1)c1cc(F)c(Cl)cc1F. The van der Waals surface area contributed by atoms with Gasteiger partial charge in [-0.1, -0.05) is 11.6 Å². The molecule has 0 N–H and O–H groups in total. The van der Waals surface area contributed by atoms with Crippen molar-refractivity contribution in [3.05, 3.63) is 62.8 Å². The van der Waals surface area contributed by atoms with E-state index in [2.05, 4.69) is 20.9 Å². The van der Waals surface area contributed by atoms with Crippen LogP contribution in [0.1, 0.15) is 16.1 Å². The van der Waals surface area contributed by atoms with E-state index in [-0.39, 0.29) is 17.0 Å². The summed E-state index contributed by atoms with van der Waals surface area (Å²) >= 11 is 8.64. The highest BCUT2D eigenvalue weighted by atomic mass is 79.9. The number of hydrogen-bond acceptors (Lipinski definition) is 2. The minimum absolute atomic E-state index is 0.106. The van der Waals surface area contributed by atoms with Gasteiger partial charge in [0.25, 0.3) is 0 Å². The Kier molecular flexibility index (Phi) is 4.27. The number of pyridine rings is 1. The highest BCUT2D eigenvalue weighted by molar-refractivity contribution is 9.10. The van der Waals surface area contributed by atoms with Crippen molar-refractivity contribution in [1.29, 1.82) is 0 Å². The highest BCUT2D eigenvalue weighted by Crippen LogP contribution is 2.20. The van der Waals surface area contributed by atoms with Gasteiger partial charge in [-0.25, -0.2) is 8.78 Å². The first-order valence-corrected chi connectivity index (χ1v) is 6.42. The van der Waals surface area contributed by atoms with Crippen molar-refractivity contribution in [3.63, 3.8) is 0 Å². The van der Waals surface area contributed by atoms with Gasteiger partial charge < -0.3 is 0 Å². The summed E-state index contributed by atoms with van der Waals surface area (Å²) in [6.07, 6.45) is 1.42. The van der Waals surface area contributed by atoms with Gasteiger partial charge in [0.2, 0.25) is 0 Å². The molecule has 1 heterocycles. The second kappa shape index (κ2) is 5.75. The van der Waals surface area contributed by atoms with E-state index in [0.29, 0.717) is 5.69 Å². The summed E-state index contributed by atoms with van der Waals surface area (Å²) in [4.78, 5) is 15.9. The predicted molar refractivity (Wildman–Crippen MR) is 71.3 cm³/mol. The minimum Gasteiger partial charge on any atom is -0.294 e. The van der Waals surface area contributed by atoms with Gasteiger partial charge in [-0.2, -0.15) is 0 Å². The molecule has 6 heteroatoms. The van der Waals surface area contributed by atoms with E-state index in [1.165, 1.54) is 6.20 Å². The molecule has 1 aromatic carbocycles. The van der Waals surface area contributed by atoms with Crippen molar-refractivity contribution in [1.82, 2.24) is 4.98 Å². The van der Waals surface area contributed by atoms with Gasteiger partial charge in [-0.3, -0.25) is 9.78 Å². The van der Waals surface area contributed by atoms with Gasteiger partial charge in [0.1, 0.15) is 11.6 Å². The van der Waals surface area contributed by atoms with Crippen molar-refractivity contribution in [2.45, 2.75) is 6.42 Å². The Morgan fingerprint density at radius 3 is 2.63 bits per heavy atom. The molecule has 19 heavy (non-hydrogen) atoms. The Labute approximate surface area is 121 Å². The number of rotatable bonds is 3. The monoisotopic (exact) mass is 345 g/mol. The standard InChI is InChI=1S/C13H7BrClF2NO/c14-7-1-2-8(18-6-7)3-13(19)9-4-12(17)10(15)5-11(9)16/h1-2,4-6H,3H2. The first-order valence-electron chi connectivity index (χ1n) is 5.25. The van der Waals surface area contributed by atoms with Crippen LogP contribution in [0.3, 0.4) is 0 Å². The first kappa shape index (κ1) is 14.1. The Morgan fingerprint density at radius 1 is 1.26 bits per heavy atom. The molecule has 0 spiro atoms. The molecule has 0 radical (unpaired) electrons. The van der Waals surface area contributed by atoms with Crippen molar-refractivity contribution in [2.75, 3.05) is 0 Å². The molecule has 0 aliphatic carbocycles. The third-order valence-corrected chi connectivity index (χ3v) is 3.20. The fourth-order valence-corrected chi connectivity index (χ4v) is 1.89. The van der Waals surface area contributed by atoms with E-state index < -0.39 is 17.4 Å².